The van der Waals surface area contributed by atoms with Crippen molar-refractivity contribution >= 4 is 143 Å². The largest absolute Gasteiger partial charge is 0.310 e. The van der Waals surface area contributed by atoms with Gasteiger partial charge in [0.15, 0.2) is 5.82 Å². The second-order valence-corrected chi connectivity index (χ2v) is 26.3. The molecule has 0 radical (unpaired) electrons. The minimum Gasteiger partial charge on any atom is -0.310 e. The monoisotopic (exact) mass is 1330 g/mol. The average molecular weight is 1330 g/mol. The Balaban J connectivity index is 0.930. The maximum Gasteiger partial charge on any atom is 0.252 e. The standard InChI is InChI=1S/C85H52B2F7N5S/c1-51-21-11-14-38-71(51)97-74-46-59(96(56-27-9-4-10-28-56)82-65(88)32-18-33-66(82)89)47-75-78(74)86(61-30-12-15-39-72(61)98(75)83-67(90)34-19-35-68(83)91)63-50-64-85(80(94)81(63)97)100-77-49-60(48-76-79(77)87(64)62-31-13-16-40-73(62)99(76)84-69(92)36-20-37-70(84)93)95(57-43-41-54(42-44-57)52-22-5-2-6-23-52)58-29-17-26-55(45-58)53-24-7-3-8-25-53/h2-50H,1H3. The number of hydrogen-bond acceptors (Lipinski definition) is 6. The first-order chi connectivity index (χ1) is 49.0. The Morgan fingerprint density at radius 2 is 0.710 bits per heavy atom. The molecule has 100 heavy (non-hydrogen) atoms. The van der Waals surface area contributed by atoms with Gasteiger partial charge in [-0.25, -0.2) is 30.7 Å². The third-order valence-electron chi connectivity index (χ3n) is 19.6. The molecule has 18 rings (SSSR count). The first-order valence-corrected chi connectivity index (χ1v) is 33.6. The summed E-state index contributed by atoms with van der Waals surface area (Å²) in [6.07, 6.45) is 0. The predicted molar refractivity (Wildman–Crippen MR) is 395 cm³/mol. The molecular formula is C85H52B2F7N5S. The predicted octanol–water partition coefficient (Wildman–Crippen LogP) is 20.1. The molecule has 0 amide bonds. The van der Waals surface area contributed by atoms with E-state index >= 15 is 30.7 Å². The topological polar surface area (TPSA) is 16.2 Å². The summed E-state index contributed by atoms with van der Waals surface area (Å²) in [4.78, 5) is 9.50. The number of rotatable bonds is 11. The zero-order valence-electron chi connectivity index (χ0n) is 53.2. The summed E-state index contributed by atoms with van der Waals surface area (Å²) in [6.45, 7) is 0.268. The van der Waals surface area contributed by atoms with E-state index in [0.717, 1.165) is 39.2 Å². The molecule has 0 fully saturated rings. The molecule has 15 heteroatoms. The Morgan fingerprint density at radius 3 is 1.28 bits per heavy atom. The van der Waals surface area contributed by atoms with Gasteiger partial charge in [0.05, 0.1) is 11.4 Å². The highest BCUT2D eigenvalue weighted by Gasteiger charge is 2.50. The van der Waals surface area contributed by atoms with E-state index in [2.05, 4.69) is 71.6 Å². The fraction of sp³-hybridized carbons (Fsp3) is 0.0118. The van der Waals surface area contributed by atoms with Crippen LogP contribution >= 0.6 is 11.8 Å². The maximum atomic E-state index is 20.5. The molecule has 0 spiro atoms. The van der Waals surface area contributed by atoms with E-state index in [4.69, 9.17) is 0 Å². The lowest BCUT2D eigenvalue weighted by Gasteiger charge is -2.46. The number of nitrogens with zero attached hydrogens (tertiary/aromatic N) is 5. The van der Waals surface area contributed by atoms with Crippen LogP contribution in [0, 0.1) is 47.6 Å². The second-order valence-electron chi connectivity index (χ2n) is 25.2. The van der Waals surface area contributed by atoms with E-state index in [1.807, 2.05) is 133 Å². The number of fused-ring (bicyclic) bond motifs is 8. The fourth-order valence-electron chi connectivity index (χ4n) is 15.4. The lowest BCUT2D eigenvalue weighted by atomic mass is 9.31. The zero-order chi connectivity index (χ0) is 67.6. The fourth-order valence-corrected chi connectivity index (χ4v) is 16.6. The number of para-hydroxylation sites is 7. The second kappa shape index (κ2) is 24.0. The quantitative estimate of drug-likeness (QED) is 0.0941. The molecule has 0 atom stereocenters. The number of halogens is 7. The van der Waals surface area contributed by atoms with Crippen LogP contribution in [0.4, 0.5) is 116 Å². The molecule has 14 aromatic rings. The van der Waals surface area contributed by atoms with Crippen molar-refractivity contribution in [2.24, 2.45) is 0 Å². The van der Waals surface area contributed by atoms with Crippen molar-refractivity contribution in [2.75, 3.05) is 24.5 Å². The van der Waals surface area contributed by atoms with E-state index in [9.17, 15) is 0 Å². The first-order valence-electron chi connectivity index (χ1n) is 32.8. The van der Waals surface area contributed by atoms with Gasteiger partial charge in [-0.15, -0.1) is 0 Å². The molecule has 0 unspecified atom stereocenters. The van der Waals surface area contributed by atoms with Gasteiger partial charge in [-0.05, 0) is 177 Å². The molecule has 4 aliphatic rings. The van der Waals surface area contributed by atoms with Crippen LogP contribution in [0.2, 0.25) is 0 Å². The summed E-state index contributed by atoms with van der Waals surface area (Å²) >= 11 is 1.23. The highest BCUT2D eigenvalue weighted by Crippen LogP contribution is 2.54. The van der Waals surface area contributed by atoms with Crippen LogP contribution < -0.4 is 57.3 Å². The van der Waals surface area contributed by atoms with Crippen molar-refractivity contribution in [3.63, 3.8) is 0 Å². The van der Waals surface area contributed by atoms with Crippen molar-refractivity contribution in [2.45, 2.75) is 16.7 Å². The molecule has 0 aromatic heterocycles. The lowest BCUT2D eigenvalue weighted by Crippen LogP contribution is -2.65. The van der Waals surface area contributed by atoms with E-state index < -0.39 is 65.5 Å². The number of anilines is 15. The van der Waals surface area contributed by atoms with Crippen molar-refractivity contribution in [3.05, 3.63) is 344 Å². The number of hydrogen-bond donors (Lipinski definition) is 0. The first kappa shape index (κ1) is 60.5. The Labute approximate surface area is 577 Å². The Morgan fingerprint density at radius 1 is 0.290 bits per heavy atom. The SMILES string of the molecule is Cc1ccccc1N1c2cc(N(c3ccccc3)c3c(F)cccc3F)cc3c2B(c2ccccc2N3c2c(F)cccc2F)c2cc3c(c(F)c21)Sc1cc(N(c2ccc(-c4ccccc4)cc2)c2cccc(-c4ccccc4)c2)cc2c1B3c1ccccc1N2c1c(F)cccc1F. The molecule has 0 bridgehead atoms. The van der Waals surface area contributed by atoms with E-state index in [-0.39, 0.29) is 27.6 Å². The van der Waals surface area contributed by atoms with Crippen molar-refractivity contribution < 1.29 is 30.7 Å². The van der Waals surface area contributed by atoms with Gasteiger partial charge in [0, 0.05) is 66.7 Å². The molecule has 0 aliphatic carbocycles. The number of benzene rings is 14. The third-order valence-corrected chi connectivity index (χ3v) is 20.8. The van der Waals surface area contributed by atoms with Gasteiger partial charge in [-0.1, -0.05) is 199 Å². The average Bonchev–Trinajstić information content (AvgIpc) is 0.684. The van der Waals surface area contributed by atoms with Crippen LogP contribution in [-0.2, 0) is 0 Å². The van der Waals surface area contributed by atoms with Crippen molar-refractivity contribution in [1.29, 1.82) is 0 Å². The molecule has 478 valence electrons. The molecular weight excluding hydrogens is 1280 g/mol. The van der Waals surface area contributed by atoms with Crippen LogP contribution in [-0.4, -0.2) is 13.4 Å². The summed E-state index contributed by atoms with van der Waals surface area (Å²) in [5.74, 6) is -5.69. The zero-order valence-corrected chi connectivity index (χ0v) is 54.1. The molecule has 0 N–H and O–H groups in total. The smallest absolute Gasteiger partial charge is 0.252 e. The highest BCUT2D eigenvalue weighted by molar-refractivity contribution is 8.00. The van der Waals surface area contributed by atoms with Crippen LogP contribution in [0.25, 0.3) is 22.3 Å². The molecule has 0 saturated heterocycles. The lowest BCUT2D eigenvalue weighted by molar-refractivity contribution is 0.585. The van der Waals surface area contributed by atoms with Gasteiger partial charge >= 0.3 is 0 Å². The van der Waals surface area contributed by atoms with Gasteiger partial charge in [0.2, 0.25) is 6.71 Å². The molecule has 4 aliphatic heterocycles. The summed E-state index contributed by atoms with van der Waals surface area (Å²) in [7, 11) is 0. The number of aryl methyl sites for hydroxylation is 1. The molecule has 14 aromatic carbocycles. The van der Waals surface area contributed by atoms with Gasteiger partial charge < -0.3 is 24.5 Å². The van der Waals surface area contributed by atoms with Crippen LogP contribution in [0.1, 0.15) is 5.56 Å². The van der Waals surface area contributed by atoms with Crippen LogP contribution in [0.15, 0.2) is 307 Å². The van der Waals surface area contributed by atoms with Gasteiger partial charge in [0.25, 0.3) is 6.71 Å². The van der Waals surface area contributed by atoms with Crippen LogP contribution in [0.5, 0.6) is 0 Å². The van der Waals surface area contributed by atoms with Gasteiger partial charge in [-0.3, -0.25) is 0 Å². The Bertz CT molecular complexity index is 5590. The minimum absolute atomic E-state index is 0.168. The molecule has 0 saturated carbocycles. The normalized spacial score (nSPS) is 12.9. The van der Waals surface area contributed by atoms with Crippen molar-refractivity contribution in [3.8, 4) is 22.3 Å². The Kier molecular flexibility index (Phi) is 14.5. The Hall–Kier alpha value is -11.9. The summed E-state index contributed by atoms with van der Waals surface area (Å²) in [5.41, 5.74) is 12.5. The summed E-state index contributed by atoms with van der Waals surface area (Å²) in [5, 5.41) is 0. The highest BCUT2D eigenvalue weighted by atomic mass is 32.2. The van der Waals surface area contributed by atoms with Crippen molar-refractivity contribution in [1.82, 2.24) is 0 Å². The van der Waals surface area contributed by atoms with Gasteiger partial charge in [-0.2, -0.15) is 0 Å². The van der Waals surface area contributed by atoms with E-state index in [1.165, 1.54) is 76.2 Å². The maximum absolute atomic E-state index is 20.5. The van der Waals surface area contributed by atoms with E-state index in [1.54, 1.807) is 59.5 Å². The summed E-state index contributed by atoms with van der Waals surface area (Å²) < 4.78 is 123. The molecule has 5 nitrogen and oxygen atoms in total. The van der Waals surface area contributed by atoms with Crippen LogP contribution in [0.3, 0.4) is 0 Å². The summed E-state index contributed by atoms with van der Waals surface area (Å²) in [6, 6.07) is 88.3. The molecule has 4 heterocycles. The third kappa shape index (κ3) is 9.57. The minimum atomic E-state index is -0.880. The van der Waals surface area contributed by atoms with E-state index in [0.29, 0.717) is 77.5 Å². The van der Waals surface area contributed by atoms with Gasteiger partial charge in [0.1, 0.15) is 52.0 Å².